The normalized spacial score (nSPS) is 30.7. The minimum Gasteiger partial charge on any atom is -0.337 e. The van der Waals surface area contributed by atoms with Gasteiger partial charge in [-0.25, -0.2) is 4.98 Å². The highest BCUT2D eigenvalue weighted by Gasteiger charge is 2.65. The smallest absolute Gasteiger partial charge is 0.227 e. The van der Waals surface area contributed by atoms with Gasteiger partial charge in [-0.05, 0) is 58.1 Å². The molecule has 1 saturated heterocycles. The Bertz CT molecular complexity index is 869. The first-order valence-corrected chi connectivity index (χ1v) is 10.3. The van der Waals surface area contributed by atoms with Crippen molar-refractivity contribution in [1.82, 2.24) is 25.5 Å². The van der Waals surface area contributed by atoms with E-state index in [1.165, 1.54) is 50.6 Å². The van der Waals surface area contributed by atoms with Crippen molar-refractivity contribution in [2.75, 3.05) is 23.8 Å². The molecule has 27 heavy (non-hydrogen) atoms. The number of anilines is 3. The lowest BCUT2D eigenvalue weighted by atomic mass is 9.77. The van der Waals surface area contributed by atoms with Crippen molar-refractivity contribution in [3.05, 3.63) is 24.0 Å². The predicted octanol–water partition coefficient (Wildman–Crippen LogP) is 2.93. The zero-order valence-electron chi connectivity index (χ0n) is 15.8. The second-order valence-corrected chi connectivity index (χ2v) is 8.99. The maximum atomic E-state index is 4.83. The fourth-order valence-electron chi connectivity index (χ4n) is 5.65. The number of fused-ring (bicyclic) bond motifs is 2. The number of rotatable bonds is 6. The van der Waals surface area contributed by atoms with E-state index in [1.54, 1.807) is 0 Å². The van der Waals surface area contributed by atoms with E-state index in [0.717, 1.165) is 24.1 Å². The van der Waals surface area contributed by atoms with E-state index in [2.05, 4.69) is 43.8 Å². The molecule has 1 aliphatic heterocycles. The molecule has 142 valence electrons. The first-order chi connectivity index (χ1) is 13.2. The fraction of sp³-hybridized carbons (Fsp3) is 0.650. The number of nitrogens with one attached hydrogen (secondary N) is 3. The van der Waals surface area contributed by atoms with E-state index in [4.69, 9.17) is 4.98 Å². The summed E-state index contributed by atoms with van der Waals surface area (Å²) in [6.07, 6.45) is 10.9. The molecular formula is C20H27N7. The van der Waals surface area contributed by atoms with Gasteiger partial charge in [0.2, 0.25) is 5.95 Å². The van der Waals surface area contributed by atoms with E-state index in [1.807, 2.05) is 12.3 Å². The maximum absolute atomic E-state index is 4.83. The number of H-pyrrole nitrogens is 1. The van der Waals surface area contributed by atoms with E-state index in [-0.39, 0.29) is 0 Å². The van der Waals surface area contributed by atoms with Gasteiger partial charge in [0.25, 0.3) is 0 Å². The van der Waals surface area contributed by atoms with Crippen LogP contribution in [0.15, 0.2) is 18.3 Å². The molecule has 0 amide bonds. The van der Waals surface area contributed by atoms with Gasteiger partial charge >= 0.3 is 0 Å². The van der Waals surface area contributed by atoms with Crippen LogP contribution in [0, 0.1) is 5.41 Å². The summed E-state index contributed by atoms with van der Waals surface area (Å²) >= 11 is 0. The molecule has 3 heterocycles. The molecule has 2 unspecified atom stereocenters. The Kier molecular flexibility index (Phi) is 3.20. The molecule has 3 aliphatic carbocycles. The van der Waals surface area contributed by atoms with Crippen molar-refractivity contribution >= 4 is 17.6 Å². The molecule has 2 atom stereocenters. The molecule has 2 aromatic rings. The standard InChI is InChI=1S/C20H27N7/c1-21-20(7-8-20)19-6-4-14(11-19)27(12-19)18-22-9-5-16(24-18)23-17-10-15(25-26-17)13-2-3-13/h5,9-10,13-14,21H,2-4,6-8,11-12H2,1H3,(H2,22,23,24,25,26). The Morgan fingerprint density at radius 2 is 2.07 bits per heavy atom. The van der Waals surface area contributed by atoms with Crippen LogP contribution in [0.2, 0.25) is 0 Å². The number of aromatic amines is 1. The number of piperidine rings is 1. The summed E-state index contributed by atoms with van der Waals surface area (Å²) in [5.41, 5.74) is 1.99. The zero-order chi connectivity index (χ0) is 18.1. The average Bonchev–Trinajstić information content (AvgIpc) is 3.59. The van der Waals surface area contributed by atoms with Crippen molar-refractivity contribution < 1.29 is 0 Å². The summed E-state index contributed by atoms with van der Waals surface area (Å²) in [6.45, 7) is 1.08. The van der Waals surface area contributed by atoms with E-state index in [0.29, 0.717) is 22.9 Å². The van der Waals surface area contributed by atoms with Crippen LogP contribution < -0.4 is 15.5 Å². The summed E-state index contributed by atoms with van der Waals surface area (Å²) in [6, 6.07) is 4.61. The number of hydrogen-bond donors (Lipinski definition) is 3. The molecule has 2 bridgehead atoms. The minimum atomic E-state index is 0.362. The highest BCUT2D eigenvalue weighted by molar-refractivity contribution is 5.54. The molecule has 3 N–H and O–H groups in total. The van der Waals surface area contributed by atoms with E-state index in [9.17, 15) is 0 Å². The SMILES string of the molecule is CNC1(C23CCC(C2)N(c2nccc(Nc4cc(C5CC5)[nH]n4)n2)C3)CC1. The van der Waals surface area contributed by atoms with Gasteiger partial charge < -0.3 is 15.5 Å². The van der Waals surface area contributed by atoms with Crippen LogP contribution in [0.1, 0.15) is 56.6 Å². The Morgan fingerprint density at radius 3 is 2.85 bits per heavy atom. The summed E-state index contributed by atoms with van der Waals surface area (Å²) in [7, 11) is 2.14. The van der Waals surface area contributed by atoms with Crippen LogP contribution in [0.5, 0.6) is 0 Å². The third-order valence-electron chi connectivity index (χ3n) is 7.51. The largest absolute Gasteiger partial charge is 0.337 e. The van der Waals surface area contributed by atoms with Crippen LogP contribution in [0.4, 0.5) is 17.6 Å². The monoisotopic (exact) mass is 365 g/mol. The Balaban J connectivity index is 1.22. The van der Waals surface area contributed by atoms with Crippen LogP contribution in [0.25, 0.3) is 0 Å². The second-order valence-electron chi connectivity index (χ2n) is 8.99. The van der Waals surface area contributed by atoms with Crippen molar-refractivity contribution in [2.24, 2.45) is 5.41 Å². The van der Waals surface area contributed by atoms with Crippen LogP contribution in [-0.2, 0) is 0 Å². The maximum Gasteiger partial charge on any atom is 0.227 e. The third kappa shape index (κ3) is 2.40. The van der Waals surface area contributed by atoms with Crippen LogP contribution in [0.3, 0.4) is 0 Å². The van der Waals surface area contributed by atoms with Crippen molar-refractivity contribution in [3.63, 3.8) is 0 Å². The molecule has 0 aromatic carbocycles. The van der Waals surface area contributed by atoms with Gasteiger partial charge in [0, 0.05) is 47.4 Å². The highest BCUT2D eigenvalue weighted by Crippen LogP contribution is 2.62. The van der Waals surface area contributed by atoms with Gasteiger partial charge in [-0.3, -0.25) is 5.10 Å². The van der Waals surface area contributed by atoms with E-state index < -0.39 is 0 Å². The molecule has 4 fully saturated rings. The summed E-state index contributed by atoms with van der Waals surface area (Å²) < 4.78 is 0. The van der Waals surface area contributed by atoms with Gasteiger partial charge in [-0.2, -0.15) is 10.1 Å². The predicted molar refractivity (Wildman–Crippen MR) is 104 cm³/mol. The van der Waals surface area contributed by atoms with Crippen LogP contribution >= 0.6 is 0 Å². The van der Waals surface area contributed by atoms with Crippen molar-refractivity contribution in [2.45, 2.75) is 62.4 Å². The lowest BCUT2D eigenvalue weighted by Crippen LogP contribution is -2.49. The first kappa shape index (κ1) is 15.9. The Labute approximate surface area is 159 Å². The molecule has 4 aliphatic rings. The van der Waals surface area contributed by atoms with Gasteiger partial charge in [0.15, 0.2) is 5.82 Å². The molecule has 6 rings (SSSR count). The molecule has 0 radical (unpaired) electrons. The average molecular weight is 365 g/mol. The highest BCUT2D eigenvalue weighted by atomic mass is 15.3. The fourth-order valence-corrected chi connectivity index (χ4v) is 5.65. The molecule has 2 aromatic heterocycles. The van der Waals surface area contributed by atoms with E-state index >= 15 is 0 Å². The van der Waals surface area contributed by atoms with Gasteiger partial charge in [-0.15, -0.1) is 0 Å². The third-order valence-corrected chi connectivity index (χ3v) is 7.51. The first-order valence-electron chi connectivity index (χ1n) is 10.3. The summed E-state index contributed by atoms with van der Waals surface area (Å²) in [4.78, 5) is 11.9. The Hall–Kier alpha value is -2.15. The Morgan fingerprint density at radius 1 is 1.19 bits per heavy atom. The number of hydrogen-bond acceptors (Lipinski definition) is 6. The van der Waals surface area contributed by atoms with Crippen molar-refractivity contribution in [3.8, 4) is 0 Å². The topological polar surface area (TPSA) is 81.8 Å². The lowest BCUT2D eigenvalue weighted by molar-refractivity contribution is 0.208. The molecule has 0 spiro atoms. The summed E-state index contributed by atoms with van der Waals surface area (Å²) in [5, 5.41) is 14.5. The van der Waals surface area contributed by atoms with Crippen LogP contribution in [-0.4, -0.2) is 45.3 Å². The minimum absolute atomic E-state index is 0.362. The van der Waals surface area contributed by atoms with Crippen molar-refractivity contribution in [1.29, 1.82) is 0 Å². The quantitative estimate of drug-likeness (QED) is 0.730. The molecular weight excluding hydrogens is 338 g/mol. The second kappa shape index (κ2) is 5.44. The number of aromatic nitrogens is 4. The zero-order valence-corrected chi connectivity index (χ0v) is 15.8. The molecule has 7 nitrogen and oxygen atoms in total. The summed E-state index contributed by atoms with van der Waals surface area (Å²) in [5.74, 6) is 3.19. The van der Waals surface area contributed by atoms with Gasteiger partial charge in [0.05, 0.1) is 0 Å². The molecule has 7 heteroatoms. The lowest BCUT2D eigenvalue weighted by Gasteiger charge is -2.39. The number of nitrogens with zero attached hydrogens (tertiary/aromatic N) is 4. The van der Waals surface area contributed by atoms with Gasteiger partial charge in [-0.1, -0.05) is 0 Å². The van der Waals surface area contributed by atoms with Gasteiger partial charge in [0.1, 0.15) is 5.82 Å². The molecule has 3 saturated carbocycles.